The summed E-state index contributed by atoms with van der Waals surface area (Å²) in [7, 11) is 0. The Hall–Kier alpha value is -0.120. The Bertz CT molecular complexity index is 147. The number of nitrogens with two attached hydrogens (primary N) is 1. The highest BCUT2D eigenvalue weighted by atomic mass is 16.3. The smallest absolute Gasteiger partial charge is 0.0558 e. The van der Waals surface area contributed by atoms with Gasteiger partial charge in [0.15, 0.2) is 0 Å². The molecule has 0 bridgehead atoms. The third kappa shape index (κ3) is 4.96. The van der Waals surface area contributed by atoms with E-state index in [9.17, 15) is 0 Å². The van der Waals surface area contributed by atoms with Crippen LogP contribution in [0.5, 0.6) is 0 Å². The number of aliphatic hydroxyl groups is 1. The zero-order valence-corrected chi connectivity index (χ0v) is 9.83. The Morgan fingerprint density at radius 1 is 1.07 bits per heavy atom. The minimum atomic E-state index is 0.291. The lowest BCUT2D eigenvalue weighted by Gasteiger charge is -2.33. The number of aliphatic hydroxyl groups excluding tert-OH is 1. The van der Waals surface area contributed by atoms with Crippen molar-refractivity contribution in [3.63, 3.8) is 0 Å². The number of unbranched alkanes of at least 4 members (excludes halogenated alkanes) is 1. The van der Waals surface area contributed by atoms with Gasteiger partial charge in [0.1, 0.15) is 0 Å². The standard InChI is InChI=1S/C12H26N2O/c13-8-4-5-9-14(10-11-15)12-6-2-1-3-7-12/h12,15H,1-11,13H2. The molecule has 1 fully saturated rings. The van der Waals surface area contributed by atoms with E-state index in [1.165, 1.54) is 38.5 Å². The summed E-state index contributed by atoms with van der Waals surface area (Å²) in [6.45, 7) is 3.04. The summed E-state index contributed by atoms with van der Waals surface area (Å²) in [6.07, 6.45) is 9.05. The summed E-state index contributed by atoms with van der Waals surface area (Å²) in [5.74, 6) is 0. The fraction of sp³-hybridized carbons (Fsp3) is 1.00. The summed E-state index contributed by atoms with van der Waals surface area (Å²) in [5, 5.41) is 9.06. The van der Waals surface area contributed by atoms with Crippen LogP contribution in [0.15, 0.2) is 0 Å². The first-order valence-corrected chi connectivity index (χ1v) is 6.43. The van der Waals surface area contributed by atoms with Crippen molar-refractivity contribution < 1.29 is 5.11 Å². The summed E-state index contributed by atoms with van der Waals surface area (Å²) < 4.78 is 0. The van der Waals surface area contributed by atoms with E-state index in [4.69, 9.17) is 10.8 Å². The molecule has 90 valence electrons. The Morgan fingerprint density at radius 2 is 1.80 bits per heavy atom. The van der Waals surface area contributed by atoms with Crippen LogP contribution in [0.1, 0.15) is 44.9 Å². The third-order valence-corrected chi connectivity index (χ3v) is 3.38. The quantitative estimate of drug-likeness (QED) is 0.629. The maximum Gasteiger partial charge on any atom is 0.0558 e. The fourth-order valence-electron chi connectivity index (χ4n) is 2.51. The second-order valence-electron chi connectivity index (χ2n) is 4.55. The number of rotatable bonds is 7. The van der Waals surface area contributed by atoms with Gasteiger partial charge in [-0.2, -0.15) is 0 Å². The zero-order valence-electron chi connectivity index (χ0n) is 9.83. The molecule has 1 rings (SSSR count). The summed E-state index contributed by atoms with van der Waals surface area (Å²) in [5.41, 5.74) is 5.50. The molecular weight excluding hydrogens is 188 g/mol. The van der Waals surface area contributed by atoms with Gasteiger partial charge in [-0.1, -0.05) is 19.3 Å². The van der Waals surface area contributed by atoms with Gasteiger partial charge in [0.2, 0.25) is 0 Å². The SMILES string of the molecule is NCCCCN(CCO)C1CCCCC1. The summed E-state index contributed by atoms with van der Waals surface area (Å²) in [6, 6.07) is 0.726. The van der Waals surface area contributed by atoms with Crippen molar-refractivity contribution in [2.24, 2.45) is 5.73 Å². The first-order chi connectivity index (χ1) is 7.38. The molecule has 3 N–H and O–H groups in total. The minimum Gasteiger partial charge on any atom is -0.395 e. The summed E-state index contributed by atoms with van der Waals surface area (Å²) >= 11 is 0. The van der Waals surface area contributed by atoms with Crippen LogP contribution in [0.25, 0.3) is 0 Å². The van der Waals surface area contributed by atoms with Crippen molar-refractivity contribution >= 4 is 0 Å². The van der Waals surface area contributed by atoms with Crippen LogP contribution in [-0.4, -0.2) is 42.3 Å². The molecule has 0 aromatic rings. The lowest BCUT2D eigenvalue weighted by Crippen LogP contribution is -2.39. The van der Waals surface area contributed by atoms with E-state index in [-0.39, 0.29) is 0 Å². The van der Waals surface area contributed by atoms with Crippen molar-refractivity contribution in [1.29, 1.82) is 0 Å². The van der Waals surface area contributed by atoms with Crippen molar-refractivity contribution in [3.8, 4) is 0 Å². The van der Waals surface area contributed by atoms with E-state index < -0.39 is 0 Å². The topological polar surface area (TPSA) is 49.5 Å². The second-order valence-corrected chi connectivity index (χ2v) is 4.55. The minimum absolute atomic E-state index is 0.291. The van der Waals surface area contributed by atoms with E-state index in [0.717, 1.165) is 32.1 Å². The highest BCUT2D eigenvalue weighted by Gasteiger charge is 2.19. The molecule has 1 aliphatic carbocycles. The van der Waals surface area contributed by atoms with Gasteiger partial charge in [-0.3, -0.25) is 4.90 Å². The van der Waals surface area contributed by atoms with Crippen LogP contribution in [0, 0.1) is 0 Å². The van der Waals surface area contributed by atoms with Gasteiger partial charge in [-0.25, -0.2) is 0 Å². The van der Waals surface area contributed by atoms with Crippen molar-refractivity contribution in [3.05, 3.63) is 0 Å². The maximum atomic E-state index is 9.06. The molecule has 0 saturated heterocycles. The Balaban J connectivity index is 2.26. The molecule has 0 spiro atoms. The molecule has 0 unspecified atom stereocenters. The molecule has 0 radical (unpaired) electrons. The zero-order chi connectivity index (χ0) is 10.9. The van der Waals surface area contributed by atoms with E-state index in [1.54, 1.807) is 0 Å². The third-order valence-electron chi connectivity index (χ3n) is 3.38. The van der Waals surface area contributed by atoms with Crippen molar-refractivity contribution in [1.82, 2.24) is 4.90 Å². The van der Waals surface area contributed by atoms with E-state index in [0.29, 0.717) is 6.61 Å². The van der Waals surface area contributed by atoms with E-state index in [2.05, 4.69) is 4.90 Å². The van der Waals surface area contributed by atoms with Crippen LogP contribution in [-0.2, 0) is 0 Å². The van der Waals surface area contributed by atoms with Crippen molar-refractivity contribution in [2.45, 2.75) is 51.0 Å². The second kappa shape index (κ2) is 8.08. The molecule has 0 amide bonds. The molecule has 15 heavy (non-hydrogen) atoms. The average molecular weight is 214 g/mol. The average Bonchev–Trinajstić information content (AvgIpc) is 2.29. The van der Waals surface area contributed by atoms with Gasteiger partial charge in [-0.15, -0.1) is 0 Å². The molecule has 0 aromatic carbocycles. The number of hydrogen-bond donors (Lipinski definition) is 2. The molecular formula is C12H26N2O. The summed E-state index contributed by atoms with van der Waals surface area (Å²) in [4.78, 5) is 2.47. The van der Waals surface area contributed by atoms with Crippen LogP contribution >= 0.6 is 0 Å². The normalized spacial score (nSPS) is 18.6. The largest absolute Gasteiger partial charge is 0.395 e. The molecule has 0 atom stereocenters. The van der Waals surface area contributed by atoms with Gasteiger partial charge in [0.25, 0.3) is 0 Å². The lowest BCUT2D eigenvalue weighted by atomic mass is 9.94. The lowest BCUT2D eigenvalue weighted by molar-refractivity contribution is 0.122. The monoisotopic (exact) mass is 214 g/mol. The first kappa shape index (κ1) is 12.9. The Kier molecular flexibility index (Phi) is 6.98. The molecule has 0 aliphatic heterocycles. The van der Waals surface area contributed by atoms with Gasteiger partial charge >= 0.3 is 0 Å². The molecule has 0 aromatic heterocycles. The van der Waals surface area contributed by atoms with Gasteiger partial charge < -0.3 is 10.8 Å². The van der Waals surface area contributed by atoms with Gasteiger partial charge in [0, 0.05) is 12.6 Å². The molecule has 1 aliphatic rings. The van der Waals surface area contributed by atoms with Gasteiger partial charge in [0.05, 0.1) is 6.61 Å². The first-order valence-electron chi connectivity index (χ1n) is 6.43. The van der Waals surface area contributed by atoms with Gasteiger partial charge in [-0.05, 0) is 38.8 Å². The molecule has 3 heteroatoms. The van der Waals surface area contributed by atoms with Crippen LogP contribution in [0.2, 0.25) is 0 Å². The number of hydrogen-bond acceptors (Lipinski definition) is 3. The Morgan fingerprint density at radius 3 is 2.40 bits per heavy atom. The highest BCUT2D eigenvalue weighted by molar-refractivity contribution is 4.75. The van der Waals surface area contributed by atoms with Crippen LogP contribution < -0.4 is 5.73 Å². The van der Waals surface area contributed by atoms with E-state index >= 15 is 0 Å². The number of nitrogens with zero attached hydrogens (tertiary/aromatic N) is 1. The van der Waals surface area contributed by atoms with Crippen LogP contribution in [0.3, 0.4) is 0 Å². The Labute approximate surface area is 93.6 Å². The van der Waals surface area contributed by atoms with E-state index in [1.807, 2.05) is 0 Å². The van der Waals surface area contributed by atoms with Crippen LogP contribution in [0.4, 0.5) is 0 Å². The predicted molar refractivity (Wildman–Crippen MR) is 63.8 cm³/mol. The van der Waals surface area contributed by atoms with Crippen molar-refractivity contribution in [2.75, 3.05) is 26.2 Å². The molecule has 3 nitrogen and oxygen atoms in total. The molecule has 0 heterocycles. The predicted octanol–water partition coefficient (Wildman–Crippen LogP) is 1.35. The maximum absolute atomic E-state index is 9.06. The highest BCUT2D eigenvalue weighted by Crippen LogP contribution is 2.22. The molecule has 1 saturated carbocycles. The fourth-order valence-corrected chi connectivity index (χ4v) is 2.51.